The Bertz CT molecular complexity index is 874. The first kappa shape index (κ1) is 20.6. The molecule has 0 spiro atoms. The van der Waals surface area contributed by atoms with Crippen molar-refractivity contribution in [3.63, 3.8) is 0 Å². The molecule has 4 rings (SSSR count). The van der Waals surface area contributed by atoms with E-state index >= 15 is 4.39 Å². The molecule has 2 saturated heterocycles. The van der Waals surface area contributed by atoms with Crippen molar-refractivity contribution in [2.24, 2.45) is 0 Å². The molecule has 0 amide bonds. The Morgan fingerprint density at radius 3 is 2.67 bits per heavy atom. The highest BCUT2D eigenvalue weighted by atomic mass is 19.1. The number of piperazine rings is 1. The first-order valence-corrected chi connectivity index (χ1v) is 10.1. The van der Waals surface area contributed by atoms with E-state index in [1.54, 1.807) is 12.1 Å². The zero-order chi connectivity index (χ0) is 21.3. The Morgan fingerprint density at radius 1 is 1.13 bits per heavy atom. The molecule has 30 heavy (non-hydrogen) atoms. The molecule has 1 atom stereocenters. The van der Waals surface area contributed by atoms with Gasteiger partial charge in [0, 0.05) is 31.4 Å². The van der Waals surface area contributed by atoms with E-state index in [0.717, 1.165) is 32.6 Å². The molecule has 3 aliphatic heterocycles. The maximum Gasteiger partial charge on any atom is 0.355 e. The highest BCUT2D eigenvalue weighted by Gasteiger charge is 2.34. The van der Waals surface area contributed by atoms with Crippen LogP contribution in [0.4, 0.5) is 15.8 Å². The number of ether oxygens (including phenoxy) is 3. The maximum atomic E-state index is 15.1. The molecule has 0 bridgehead atoms. The molecule has 3 aliphatic rings. The summed E-state index contributed by atoms with van der Waals surface area (Å²) in [4.78, 5) is 30.5. The molecular formula is C21H26FN3O5. The number of halogens is 1. The SMILES string of the molecule is COC(=O)C1=C(C(=O)OC)N(c2ccc(N3CCN4CCCC4C3)c(F)c2)COC1. The average molecular weight is 419 g/mol. The van der Waals surface area contributed by atoms with Crippen LogP contribution in [0.1, 0.15) is 12.8 Å². The zero-order valence-electron chi connectivity index (χ0n) is 17.2. The number of fused-ring (bicyclic) bond motifs is 1. The van der Waals surface area contributed by atoms with Gasteiger partial charge in [-0.15, -0.1) is 0 Å². The van der Waals surface area contributed by atoms with E-state index in [1.165, 1.54) is 31.6 Å². The number of hydrogen-bond acceptors (Lipinski definition) is 8. The number of anilines is 2. The predicted molar refractivity (Wildman–Crippen MR) is 108 cm³/mol. The lowest BCUT2D eigenvalue weighted by molar-refractivity contribution is -0.140. The van der Waals surface area contributed by atoms with Gasteiger partial charge in [0.15, 0.2) is 0 Å². The lowest BCUT2D eigenvalue weighted by Gasteiger charge is -2.39. The third-order valence-electron chi connectivity index (χ3n) is 6.00. The minimum Gasteiger partial charge on any atom is -0.466 e. The number of rotatable bonds is 4. The number of hydrogen-bond donors (Lipinski definition) is 0. The Labute approximate surface area is 174 Å². The van der Waals surface area contributed by atoms with Crippen LogP contribution in [0, 0.1) is 5.82 Å². The molecule has 3 heterocycles. The topological polar surface area (TPSA) is 71.6 Å². The van der Waals surface area contributed by atoms with Crippen molar-refractivity contribution < 1.29 is 28.2 Å². The number of carbonyl (C=O) groups excluding carboxylic acids is 2. The van der Waals surface area contributed by atoms with E-state index < -0.39 is 11.9 Å². The molecule has 8 nitrogen and oxygen atoms in total. The molecule has 1 aromatic rings. The highest BCUT2D eigenvalue weighted by Crippen LogP contribution is 2.32. The van der Waals surface area contributed by atoms with E-state index in [2.05, 4.69) is 9.80 Å². The van der Waals surface area contributed by atoms with Gasteiger partial charge in [-0.05, 0) is 37.6 Å². The largest absolute Gasteiger partial charge is 0.466 e. The normalized spacial score (nSPS) is 22.2. The van der Waals surface area contributed by atoms with Gasteiger partial charge in [0.05, 0.1) is 32.1 Å². The fraction of sp³-hybridized carbons (Fsp3) is 0.524. The van der Waals surface area contributed by atoms with Gasteiger partial charge in [-0.25, -0.2) is 14.0 Å². The van der Waals surface area contributed by atoms with Crippen molar-refractivity contribution in [2.45, 2.75) is 18.9 Å². The molecule has 2 fully saturated rings. The van der Waals surface area contributed by atoms with Gasteiger partial charge in [-0.2, -0.15) is 0 Å². The fourth-order valence-corrected chi connectivity index (χ4v) is 4.48. The van der Waals surface area contributed by atoms with Gasteiger partial charge in [-0.1, -0.05) is 0 Å². The van der Waals surface area contributed by atoms with Crippen LogP contribution >= 0.6 is 0 Å². The first-order chi connectivity index (χ1) is 14.5. The van der Waals surface area contributed by atoms with Crippen molar-refractivity contribution in [3.05, 3.63) is 35.3 Å². The van der Waals surface area contributed by atoms with Crippen molar-refractivity contribution in [1.82, 2.24) is 4.90 Å². The summed E-state index contributed by atoms with van der Waals surface area (Å²) in [6, 6.07) is 5.29. The van der Waals surface area contributed by atoms with Crippen LogP contribution in [0.5, 0.6) is 0 Å². The second-order valence-corrected chi connectivity index (χ2v) is 7.63. The van der Waals surface area contributed by atoms with Gasteiger partial charge < -0.3 is 24.0 Å². The predicted octanol–water partition coefficient (Wildman–Crippen LogP) is 1.50. The van der Waals surface area contributed by atoms with Gasteiger partial charge >= 0.3 is 11.9 Å². The van der Waals surface area contributed by atoms with E-state index in [4.69, 9.17) is 14.2 Å². The summed E-state index contributed by atoms with van der Waals surface area (Å²) in [5.41, 5.74) is 0.983. The number of carbonyl (C=O) groups is 2. The molecular weight excluding hydrogens is 393 g/mol. The van der Waals surface area contributed by atoms with Crippen molar-refractivity contribution in [3.8, 4) is 0 Å². The molecule has 1 unspecified atom stereocenters. The summed E-state index contributed by atoms with van der Waals surface area (Å²) >= 11 is 0. The molecule has 9 heteroatoms. The van der Waals surface area contributed by atoms with Crippen molar-refractivity contribution >= 4 is 23.3 Å². The van der Waals surface area contributed by atoms with Crippen LogP contribution in [0.15, 0.2) is 29.5 Å². The Hall–Kier alpha value is -2.65. The van der Waals surface area contributed by atoms with Crippen molar-refractivity contribution in [2.75, 3.05) is 63.5 Å². The van der Waals surface area contributed by atoms with Crippen LogP contribution in [-0.4, -0.2) is 76.6 Å². The molecule has 162 valence electrons. The van der Waals surface area contributed by atoms with E-state index in [1.807, 2.05) is 0 Å². The average Bonchev–Trinajstić information content (AvgIpc) is 3.25. The summed E-state index contributed by atoms with van der Waals surface area (Å²) < 4.78 is 30.2. The molecule has 0 saturated carbocycles. The number of benzene rings is 1. The van der Waals surface area contributed by atoms with Crippen molar-refractivity contribution in [1.29, 1.82) is 0 Å². The Balaban J connectivity index is 1.62. The summed E-state index contributed by atoms with van der Waals surface area (Å²) in [6.07, 6.45) is 2.34. The molecule has 0 aromatic heterocycles. The summed E-state index contributed by atoms with van der Waals surface area (Å²) in [6.45, 7) is 3.55. The molecule has 0 N–H and O–H groups in total. The fourth-order valence-electron chi connectivity index (χ4n) is 4.48. The Kier molecular flexibility index (Phi) is 5.92. The monoisotopic (exact) mass is 419 g/mol. The number of esters is 2. The van der Waals surface area contributed by atoms with Gasteiger partial charge in [0.25, 0.3) is 0 Å². The van der Waals surface area contributed by atoms with E-state index in [0.29, 0.717) is 17.4 Å². The van der Waals surface area contributed by atoms with Crippen LogP contribution in [0.3, 0.4) is 0 Å². The number of nitrogens with zero attached hydrogens (tertiary/aromatic N) is 3. The van der Waals surface area contributed by atoms with Crippen LogP contribution < -0.4 is 9.80 Å². The zero-order valence-corrected chi connectivity index (χ0v) is 17.2. The standard InChI is InChI=1S/C21H26FN3O5/c1-28-20(26)16-12-30-13-25(19(16)21(27)29-2)14-5-6-18(17(22)10-14)24-9-8-23-7-3-4-15(23)11-24/h5-6,10,15H,3-4,7-9,11-13H2,1-2H3. The lowest BCUT2D eigenvalue weighted by Crippen LogP contribution is -2.50. The van der Waals surface area contributed by atoms with Gasteiger partial charge in [-0.3, -0.25) is 4.90 Å². The third kappa shape index (κ3) is 3.75. The quantitative estimate of drug-likeness (QED) is 0.680. The minimum atomic E-state index is -0.708. The Morgan fingerprint density at radius 2 is 1.93 bits per heavy atom. The lowest BCUT2D eigenvalue weighted by atomic mass is 10.1. The van der Waals surface area contributed by atoms with Crippen LogP contribution in [-0.2, 0) is 23.8 Å². The molecule has 0 radical (unpaired) electrons. The smallest absolute Gasteiger partial charge is 0.355 e. The second-order valence-electron chi connectivity index (χ2n) is 7.63. The second kappa shape index (κ2) is 8.61. The molecule has 0 aliphatic carbocycles. The first-order valence-electron chi connectivity index (χ1n) is 10.1. The van der Waals surface area contributed by atoms with Crippen LogP contribution in [0.2, 0.25) is 0 Å². The maximum absolute atomic E-state index is 15.1. The van der Waals surface area contributed by atoms with Crippen LogP contribution in [0.25, 0.3) is 0 Å². The van der Waals surface area contributed by atoms with Gasteiger partial charge in [0.2, 0.25) is 0 Å². The number of methoxy groups -OCH3 is 2. The summed E-state index contributed by atoms with van der Waals surface area (Å²) in [5.74, 6) is -1.78. The van der Waals surface area contributed by atoms with E-state index in [9.17, 15) is 9.59 Å². The minimum absolute atomic E-state index is 0.00215. The van der Waals surface area contributed by atoms with Gasteiger partial charge in [0.1, 0.15) is 18.2 Å². The summed E-state index contributed by atoms with van der Waals surface area (Å²) in [7, 11) is 2.45. The van der Waals surface area contributed by atoms with E-state index in [-0.39, 0.29) is 30.4 Å². The third-order valence-corrected chi connectivity index (χ3v) is 6.00. The summed E-state index contributed by atoms with van der Waals surface area (Å²) in [5, 5.41) is 0. The highest BCUT2D eigenvalue weighted by molar-refractivity contribution is 6.03. The molecule has 1 aromatic carbocycles.